The van der Waals surface area contributed by atoms with Gasteiger partial charge in [0.2, 0.25) is 5.91 Å². The number of alkyl carbamates (subject to hydrolysis) is 1. The second-order valence-corrected chi connectivity index (χ2v) is 9.45. The van der Waals surface area contributed by atoms with Crippen LogP contribution in [0.25, 0.3) is 0 Å². The predicted octanol–water partition coefficient (Wildman–Crippen LogP) is 4.49. The normalized spacial score (nSPS) is 12.7. The number of nitrogens with one attached hydrogen (secondary N) is 2. The highest BCUT2D eigenvalue weighted by atomic mass is 32.2. The van der Waals surface area contributed by atoms with Gasteiger partial charge in [0, 0.05) is 6.20 Å². The number of hydrogen-bond acceptors (Lipinski definition) is 7. The van der Waals surface area contributed by atoms with E-state index >= 15 is 0 Å². The number of thioether (sulfide) groups is 1. The Hall–Kier alpha value is -2.81. The molecule has 0 saturated heterocycles. The molecule has 8 nitrogen and oxygen atoms in total. The molecule has 2 aromatic rings. The van der Waals surface area contributed by atoms with Crippen molar-refractivity contribution in [3.63, 3.8) is 0 Å². The third kappa shape index (κ3) is 10.4. The van der Waals surface area contributed by atoms with Gasteiger partial charge in [-0.05, 0) is 43.0 Å². The summed E-state index contributed by atoms with van der Waals surface area (Å²) in [7, 11) is 0. The summed E-state index contributed by atoms with van der Waals surface area (Å²) in [5.41, 5.74) is 0.611. The average molecular weight is 490 g/mol. The molecule has 2 heterocycles. The summed E-state index contributed by atoms with van der Waals surface area (Å²) in [6, 6.07) is 7.60. The van der Waals surface area contributed by atoms with Crippen molar-refractivity contribution in [2.75, 3.05) is 5.75 Å². The van der Waals surface area contributed by atoms with E-state index in [0.29, 0.717) is 24.3 Å². The Labute approximate surface area is 205 Å². The molecule has 0 fully saturated rings. The van der Waals surface area contributed by atoms with Gasteiger partial charge in [0.05, 0.1) is 29.5 Å². The number of amides is 2. The Morgan fingerprint density at radius 3 is 2.59 bits per heavy atom. The first-order valence-electron chi connectivity index (χ1n) is 11.7. The highest BCUT2D eigenvalue weighted by Crippen LogP contribution is 2.15. The zero-order valence-corrected chi connectivity index (χ0v) is 20.9. The molecule has 2 aromatic heterocycles. The summed E-state index contributed by atoms with van der Waals surface area (Å²) < 4.78 is 10.5. The highest BCUT2D eigenvalue weighted by Gasteiger charge is 2.27. The first kappa shape index (κ1) is 27.4. The lowest BCUT2D eigenvalue weighted by Gasteiger charge is -2.23. The van der Waals surface area contributed by atoms with Crippen LogP contribution in [-0.2, 0) is 26.7 Å². The molecule has 186 valence electrons. The Bertz CT molecular complexity index is 874. The van der Waals surface area contributed by atoms with Gasteiger partial charge in [0.15, 0.2) is 5.78 Å². The van der Waals surface area contributed by atoms with Gasteiger partial charge in [-0.2, -0.15) is 0 Å². The number of ketones is 1. The second kappa shape index (κ2) is 15.2. The fourth-order valence-corrected chi connectivity index (χ4v) is 4.12. The lowest BCUT2D eigenvalue weighted by molar-refractivity contribution is -0.128. The van der Waals surface area contributed by atoms with E-state index in [1.807, 2.05) is 32.9 Å². The van der Waals surface area contributed by atoms with Gasteiger partial charge < -0.3 is 19.8 Å². The van der Waals surface area contributed by atoms with Gasteiger partial charge in [-0.15, -0.1) is 11.8 Å². The Morgan fingerprint density at radius 1 is 1.12 bits per heavy atom. The number of aromatic nitrogens is 1. The first-order chi connectivity index (χ1) is 16.4. The molecule has 34 heavy (non-hydrogen) atoms. The molecule has 2 rings (SSSR count). The number of ether oxygens (including phenoxy) is 1. The quantitative estimate of drug-likeness (QED) is 0.379. The van der Waals surface area contributed by atoms with E-state index in [2.05, 4.69) is 15.6 Å². The van der Waals surface area contributed by atoms with Crippen molar-refractivity contribution in [3.8, 4) is 0 Å². The summed E-state index contributed by atoms with van der Waals surface area (Å²) in [6.45, 7) is 5.97. The average Bonchev–Trinajstić information content (AvgIpc) is 3.33. The summed E-state index contributed by atoms with van der Waals surface area (Å²) in [5.74, 6) is 1.39. The van der Waals surface area contributed by atoms with Crippen LogP contribution in [0.1, 0.15) is 57.9 Å². The smallest absolute Gasteiger partial charge is 0.408 e. The van der Waals surface area contributed by atoms with Gasteiger partial charge in [-0.1, -0.05) is 39.7 Å². The topological polar surface area (TPSA) is 111 Å². The lowest BCUT2D eigenvalue weighted by atomic mass is 10.0. The van der Waals surface area contributed by atoms with Crippen molar-refractivity contribution in [3.05, 3.63) is 54.2 Å². The van der Waals surface area contributed by atoms with Crippen molar-refractivity contribution >= 4 is 29.5 Å². The number of pyridine rings is 1. The van der Waals surface area contributed by atoms with Crippen LogP contribution in [-0.4, -0.2) is 40.6 Å². The maximum Gasteiger partial charge on any atom is 0.408 e. The molecule has 2 atom stereocenters. The summed E-state index contributed by atoms with van der Waals surface area (Å²) in [4.78, 5) is 42.4. The van der Waals surface area contributed by atoms with Gasteiger partial charge in [0.25, 0.3) is 0 Å². The molecule has 0 aromatic carbocycles. The fourth-order valence-electron chi connectivity index (χ4n) is 3.25. The molecule has 2 amide bonds. The van der Waals surface area contributed by atoms with E-state index in [1.165, 1.54) is 11.8 Å². The molecule has 2 unspecified atom stereocenters. The minimum Gasteiger partial charge on any atom is -0.468 e. The number of rotatable bonds is 15. The number of carbonyl (C=O) groups is 3. The van der Waals surface area contributed by atoms with Crippen molar-refractivity contribution in [1.29, 1.82) is 0 Å². The molecular weight excluding hydrogens is 454 g/mol. The molecule has 0 saturated carbocycles. The van der Waals surface area contributed by atoms with Gasteiger partial charge in [0.1, 0.15) is 18.4 Å². The molecule has 9 heteroatoms. The molecule has 0 aliphatic carbocycles. The van der Waals surface area contributed by atoms with E-state index in [9.17, 15) is 14.4 Å². The molecule has 0 bridgehead atoms. The third-order valence-corrected chi connectivity index (χ3v) is 5.99. The maximum absolute atomic E-state index is 13.1. The fraction of sp³-hybridized carbons (Fsp3) is 0.520. The third-order valence-electron chi connectivity index (χ3n) is 5.01. The number of nitrogens with zero attached hydrogens (tertiary/aromatic N) is 1. The van der Waals surface area contributed by atoms with Gasteiger partial charge >= 0.3 is 6.09 Å². The van der Waals surface area contributed by atoms with Crippen LogP contribution in [0.3, 0.4) is 0 Å². The van der Waals surface area contributed by atoms with Crippen molar-refractivity contribution in [2.24, 2.45) is 5.92 Å². The Morgan fingerprint density at radius 2 is 1.94 bits per heavy atom. The molecule has 0 aliphatic heterocycles. The largest absolute Gasteiger partial charge is 0.468 e. The Balaban J connectivity index is 1.93. The van der Waals surface area contributed by atoms with Gasteiger partial charge in [-0.25, -0.2) is 4.79 Å². The number of Topliss-reactive ketones (excluding diaryl/α,β-unsaturated/α-hetero) is 1. The molecule has 0 radical (unpaired) electrons. The number of furan rings is 1. The van der Waals surface area contributed by atoms with Crippen LogP contribution in [0, 0.1) is 5.92 Å². The summed E-state index contributed by atoms with van der Waals surface area (Å²) in [6.07, 6.45) is 5.22. The molecule has 0 aliphatic rings. The van der Waals surface area contributed by atoms with Crippen LogP contribution in [0.5, 0.6) is 0 Å². The van der Waals surface area contributed by atoms with Gasteiger partial charge in [-0.3, -0.25) is 14.6 Å². The molecule has 2 N–H and O–H groups in total. The van der Waals surface area contributed by atoms with Crippen LogP contribution >= 0.6 is 11.8 Å². The first-order valence-corrected chi connectivity index (χ1v) is 12.8. The van der Waals surface area contributed by atoms with Crippen LogP contribution in [0.4, 0.5) is 4.79 Å². The van der Waals surface area contributed by atoms with Crippen LogP contribution in [0.2, 0.25) is 0 Å². The summed E-state index contributed by atoms with van der Waals surface area (Å²) >= 11 is 1.45. The van der Waals surface area contributed by atoms with Crippen molar-refractivity contribution in [2.45, 2.75) is 70.9 Å². The van der Waals surface area contributed by atoms with E-state index in [1.54, 1.807) is 30.7 Å². The molecule has 0 spiro atoms. The highest BCUT2D eigenvalue weighted by molar-refractivity contribution is 7.99. The predicted molar refractivity (Wildman–Crippen MR) is 132 cm³/mol. The van der Waals surface area contributed by atoms with Crippen molar-refractivity contribution in [1.82, 2.24) is 15.6 Å². The minimum absolute atomic E-state index is 0.00714. The van der Waals surface area contributed by atoms with E-state index in [0.717, 1.165) is 18.6 Å². The van der Waals surface area contributed by atoms with Crippen LogP contribution in [0.15, 0.2) is 47.2 Å². The monoisotopic (exact) mass is 489 g/mol. The maximum atomic E-state index is 13.1. The van der Waals surface area contributed by atoms with E-state index in [4.69, 9.17) is 9.15 Å². The van der Waals surface area contributed by atoms with Crippen molar-refractivity contribution < 1.29 is 23.5 Å². The molecular formula is C25H35N3O5S. The van der Waals surface area contributed by atoms with E-state index in [-0.39, 0.29) is 30.0 Å². The number of carbonyl (C=O) groups excluding carboxylic acids is 3. The zero-order chi connectivity index (χ0) is 24.8. The SMILES string of the molecule is CCCCC(NC(=O)C(CC(C)C)NC(=O)OCc1ccccn1)C(=O)CSCc1ccco1. The Kier molecular flexibility index (Phi) is 12.2. The zero-order valence-electron chi connectivity index (χ0n) is 20.1. The lowest BCUT2D eigenvalue weighted by Crippen LogP contribution is -2.52. The number of unbranched alkanes of at least 4 members (excludes halogenated alkanes) is 1. The minimum atomic E-state index is -0.802. The number of hydrogen-bond donors (Lipinski definition) is 2. The summed E-state index contributed by atoms with van der Waals surface area (Å²) in [5, 5.41) is 5.52. The second-order valence-electron chi connectivity index (χ2n) is 8.47. The van der Waals surface area contributed by atoms with Crippen LogP contribution < -0.4 is 10.6 Å². The standard InChI is InChI=1S/C25H35N3O5S/c1-4-5-11-21(23(29)17-34-16-20-10-8-13-32-20)27-24(30)22(14-18(2)3)28-25(31)33-15-19-9-6-7-12-26-19/h6-10,12-13,18,21-22H,4-5,11,14-17H2,1-3H3,(H,27,30)(H,28,31). The van der Waals surface area contributed by atoms with E-state index < -0.39 is 18.2 Å².